The van der Waals surface area contributed by atoms with E-state index in [0.717, 1.165) is 5.56 Å². The molecule has 1 fully saturated rings. The Morgan fingerprint density at radius 1 is 1.21 bits per heavy atom. The summed E-state index contributed by atoms with van der Waals surface area (Å²) in [6, 6.07) is 8.70. The van der Waals surface area contributed by atoms with Crippen LogP contribution in [0.4, 0.5) is 11.5 Å². The van der Waals surface area contributed by atoms with Crippen molar-refractivity contribution in [2.45, 2.75) is 6.92 Å². The van der Waals surface area contributed by atoms with Crippen LogP contribution in [0.2, 0.25) is 0 Å². The summed E-state index contributed by atoms with van der Waals surface area (Å²) in [6.07, 6.45) is 1.26. The zero-order valence-electron chi connectivity index (χ0n) is 15.8. The number of amides is 1. The van der Waals surface area contributed by atoms with Gasteiger partial charge in [-0.25, -0.2) is 4.98 Å². The summed E-state index contributed by atoms with van der Waals surface area (Å²) in [6.45, 7) is 4.01. The number of para-hydroxylation sites is 2. The molecule has 0 aliphatic carbocycles. The molecule has 1 aliphatic rings. The minimum absolute atomic E-state index is 0.0245. The number of piperazine rings is 1. The quantitative estimate of drug-likeness (QED) is 0.553. The van der Waals surface area contributed by atoms with Gasteiger partial charge in [-0.3, -0.25) is 14.9 Å². The molecule has 148 valence electrons. The van der Waals surface area contributed by atoms with Gasteiger partial charge in [0.1, 0.15) is 12.0 Å². The van der Waals surface area contributed by atoms with E-state index in [-0.39, 0.29) is 18.2 Å². The zero-order chi connectivity index (χ0) is 20.1. The summed E-state index contributed by atoms with van der Waals surface area (Å²) >= 11 is 0. The molecule has 0 unspecified atom stereocenters. The standard InChI is InChI=1S/C19H22N4O5/c1-14-11-15(23(25)26)12-20-19(14)22-9-7-21(8-10-22)18(24)13-28-17-6-4-3-5-16(17)27-2/h3-6,11-12H,7-10,13H2,1-2H3. The van der Waals surface area contributed by atoms with Crippen molar-refractivity contribution in [2.75, 3.05) is 44.8 Å². The van der Waals surface area contributed by atoms with E-state index >= 15 is 0 Å². The van der Waals surface area contributed by atoms with Gasteiger partial charge < -0.3 is 19.3 Å². The SMILES string of the molecule is COc1ccccc1OCC(=O)N1CCN(c2ncc([N+](=O)[O-])cc2C)CC1. The highest BCUT2D eigenvalue weighted by atomic mass is 16.6. The lowest BCUT2D eigenvalue weighted by Crippen LogP contribution is -2.50. The molecule has 0 bridgehead atoms. The van der Waals surface area contributed by atoms with Gasteiger partial charge in [0.05, 0.1) is 12.0 Å². The average molecular weight is 386 g/mol. The first-order valence-corrected chi connectivity index (χ1v) is 8.89. The Balaban J connectivity index is 1.55. The highest BCUT2D eigenvalue weighted by molar-refractivity contribution is 5.78. The Morgan fingerprint density at radius 3 is 2.50 bits per heavy atom. The fraction of sp³-hybridized carbons (Fsp3) is 0.368. The van der Waals surface area contributed by atoms with Crippen LogP contribution in [-0.4, -0.2) is 60.6 Å². The molecule has 0 N–H and O–H groups in total. The fourth-order valence-corrected chi connectivity index (χ4v) is 3.12. The van der Waals surface area contributed by atoms with E-state index in [1.807, 2.05) is 17.0 Å². The van der Waals surface area contributed by atoms with Crippen molar-refractivity contribution in [3.8, 4) is 11.5 Å². The molecule has 28 heavy (non-hydrogen) atoms. The number of methoxy groups -OCH3 is 1. The van der Waals surface area contributed by atoms with Crippen LogP contribution in [0.15, 0.2) is 36.5 Å². The number of anilines is 1. The summed E-state index contributed by atoms with van der Waals surface area (Å²) in [5.74, 6) is 1.73. The number of nitrogens with zero attached hydrogens (tertiary/aromatic N) is 4. The first-order chi connectivity index (χ1) is 13.5. The maximum atomic E-state index is 12.5. The molecule has 1 aromatic carbocycles. The predicted molar refractivity (Wildman–Crippen MR) is 103 cm³/mol. The van der Waals surface area contributed by atoms with E-state index in [2.05, 4.69) is 4.98 Å². The van der Waals surface area contributed by atoms with Crippen LogP contribution < -0.4 is 14.4 Å². The number of aryl methyl sites for hydroxylation is 1. The number of hydrogen-bond donors (Lipinski definition) is 0. The van der Waals surface area contributed by atoms with Gasteiger partial charge in [-0.2, -0.15) is 0 Å². The van der Waals surface area contributed by atoms with Gasteiger partial charge in [0.2, 0.25) is 0 Å². The average Bonchev–Trinajstić information content (AvgIpc) is 2.72. The molecule has 0 atom stereocenters. The van der Waals surface area contributed by atoms with Crippen LogP contribution >= 0.6 is 0 Å². The summed E-state index contributed by atoms with van der Waals surface area (Å²) in [5, 5.41) is 10.9. The molecule has 2 heterocycles. The Hall–Kier alpha value is -3.36. The Morgan fingerprint density at radius 2 is 1.89 bits per heavy atom. The van der Waals surface area contributed by atoms with Crippen molar-refractivity contribution in [2.24, 2.45) is 0 Å². The van der Waals surface area contributed by atoms with E-state index in [1.54, 1.807) is 31.1 Å². The number of carbonyl (C=O) groups is 1. The number of hydrogen-bond acceptors (Lipinski definition) is 7. The summed E-state index contributed by atoms with van der Waals surface area (Å²) in [4.78, 5) is 30.9. The van der Waals surface area contributed by atoms with Crippen LogP contribution in [0.5, 0.6) is 11.5 Å². The van der Waals surface area contributed by atoms with Gasteiger partial charge in [-0.15, -0.1) is 0 Å². The second-order valence-electron chi connectivity index (χ2n) is 6.40. The van der Waals surface area contributed by atoms with Gasteiger partial charge in [0.15, 0.2) is 18.1 Å². The molecule has 1 aromatic heterocycles. The molecular weight excluding hydrogens is 364 g/mol. The first kappa shape index (κ1) is 19.4. The third-order valence-corrected chi connectivity index (χ3v) is 4.60. The van der Waals surface area contributed by atoms with Crippen molar-refractivity contribution in [3.63, 3.8) is 0 Å². The van der Waals surface area contributed by atoms with E-state index in [9.17, 15) is 14.9 Å². The van der Waals surface area contributed by atoms with Gasteiger partial charge in [0, 0.05) is 32.2 Å². The van der Waals surface area contributed by atoms with Crippen molar-refractivity contribution < 1.29 is 19.2 Å². The number of ether oxygens (including phenoxy) is 2. The monoisotopic (exact) mass is 386 g/mol. The van der Waals surface area contributed by atoms with E-state index < -0.39 is 4.92 Å². The van der Waals surface area contributed by atoms with Crippen molar-refractivity contribution in [3.05, 3.63) is 52.2 Å². The summed E-state index contributed by atoms with van der Waals surface area (Å²) < 4.78 is 10.8. The van der Waals surface area contributed by atoms with Crippen LogP contribution in [-0.2, 0) is 4.79 Å². The van der Waals surface area contributed by atoms with Crippen LogP contribution in [0.3, 0.4) is 0 Å². The molecular formula is C19H22N4O5. The van der Waals surface area contributed by atoms with E-state index in [0.29, 0.717) is 43.5 Å². The third-order valence-electron chi connectivity index (χ3n) is 4.60. The van der Waals surface area contributed by atoms with Crippen LogP contribution in [0, 0.1) is 17.0 Å². The summed E-state index contributed by atoms with van der Waals surface area (Å²) in [5.41, 5.74) is 0.719. The Kier molecular flexibility index (Phi) is 5.93. The Labute approximate surface area is 162 Å². The summed E-state index contributed by atoms with van der Waals surface area (Å²) in [7, 11) is 1.55. The minimum Gasteiger partial charge on any atom is -0.493 e. The highest BCUT2D eigenvalue weighted by Gasteiger charge is 2.24. The maximum absolute atomic E-state index is 12.5. The number of aromatic nitrogens is 1. The smallest absolute Gasteiger partial charge is 0.287 e. The van der Waals surface area contributed by atoms with E-state index in [4.69, 9.17) is 9.47 Å². The van der Waals surface area contributed by atoms with Crippen molar-refractivity contribution in [1.82, 2.24) is 9.88 Å². The molecule has 1 saturated heterocycles. The van der Waals surface area contributed by atoms with Crippen molar-refractivity contribution >= 4 is 17.4 Å². The van der Waals surface area contributed by atoms with Gasteiger partial charge >= 0.3 is 0 Å². The van der Waals surface area contributed by atoms with Gasteiger partial charge in [0.25, 0.3) is 11.6 Å². The number of nitro groups is 1. The van der Waals surface area contributed by atoms with Gasteiger partial charge in [-0.1, -0.05) is 12.1 Å². The molecule has 1 aliphatic heterocycles. The molecule has 9 heteroatoms. The lowest BCUT2D eigenvalue weighted by Gasteiger charge is -2.35. The minimum atomic E-state index is -0.456. The normalized spacial score (nSPS) is 13.9. The molecule has 0 spiro atoms. The number of pyridine rings is 1. The lowest BCUT2D eigenvalue weighted by molar-refractivity contribution is -0.385. The van der Waals surface area contributed by atoms with E-state index in [1.165, 1.54) is 12.3 Å². The lowest BCUT2D eigenvalue weighted by atomic mass is 10.2. The second-order valence-corrected chi connectivity index (χ2v) is 6.40. The number of benzene rings is 1. The van der Waals surface area contributed by atoms with Gasteiger partial charge in [-0.05, 0) is 24.6 Å². The maximum Gasteiger partial charge on any atom is 0.287 e. The molecule has 9 nitrogen and oxygen atoms in total. The van der Waals surface area contributed by atoms with Crippen molar-refractivity contribution in [1.29, 1.82) is 0 Å². The highest BCUT2D eigenvalue weighted by Crippen LogP contribution is 2.26. The third kappa shape index (κ3) is 4.30. The van der Waals surface area contributed by atoms with Crippen LogP contribution in [0.1, 0.15) is 5.56 Å². The largest absolute Gasteiger partial charge is 0.493 e. The molecule has 1 amide bonds. The topological polar surface area (TPSA) is 98.0 Å². The number of rotatable bonds is 6. The molecule has 0 saturated carbocycles. The Bertz CT molecular complexity index is 865. The predicted octanol–water partition coefficient (Wildman–Crippen LogP) is 2.03. The fourth-order valence-electron chi connectivity index (χ4n) is 3.12. The van der Waals surface area contributed by atoms with Crippen LogP contribution in [0.25, 0.3) is 0 Å². The zero-order valence-corrected chi connectivity index (χ0v) is 15.8. The second kappa shape index (κ2) is 8.55. The molecule has 0 radical (unpaired) electrons. The first-order valence-electron chi connectivity index (χ1n) is 8.89. The number of carbonyl (C=O) groups excluding carboxylic acids is 1. The molecule has 2 aromatic rings. The molecule has 3 rings (SSSR count).